The van der Waals surface area contributed by atoms with E-state index in [2.05, 4.69) is 10.1 Å². The highest BCUT2D eigenvalue weighted by Crippen LogP contribution is 2.20. The molecule has 3 rings (SSSR count). The van der Waals surface area contributed by atoms with E-state index in [0.29, 0.717) is 18.9 Å². The fourth-order valence-electron chi connectivity index (χ4n) is 2.10. The molecule has 1 aliphatic heterocycles. The average Bonchev–Trinajstić information content (AvgIpc) is 2.80. The van der Waals surface area contributed by atoms with Crippen LogP contribution in [0.5, 0.6) is 0 Å². The second-order valence-corrected chi connectivity index (χ2v) is 4.44. The fraction of sp³-hybridized carbons (Fsp3) is 0.250. The predicted molar refractivity (Wildman–Crippen MR) is 63.8 cm³/mol. The number of amides is 1. The summed E-state index contributed by atoms with van der Waals surface area (Å²) >= 11 is 0. The zero-order valence-corrected chi connectivity index (χ0v) is 10.3. The molecule has 0 atom stereocenters. The van der Waals surface area contributed by atoms with Crippen molar-refractivity contribution in [1.82, 2.24) is 19.7 Å². The largest absolute Gasteiger partial charge is 0.465 e. The summed E-state index contributed by atoms with van der Waals surface area (Å²) in [6, 6.07) is 3.05. The first-order chi connectivity index (χ1) is 9.52. The molecule has 0 fully saturated rings. The first-order valence-electron chi connectivity index (χ1n) is 5.91. The van der Waals surface area contributed by atoms with Crippen molar-refractivity contribution in [3.63, 3.8) is 0 Å². The van der Waals surface area contributed by atoms with Crippen LogP contribution < -0.4 is 0 Å². The Balaban J connectivity index is 1.96. The minimum Gasteiger partial charge on any atom is -0.465 e. The highest BCUT2D eigenvalue weighted by molar-refractivity contribution is 5.65. The van der Waals surface area contributed by atoms with Crippen LogP contribution in [0, 0.1) is 11.6 Å². The van der Waals surface area contributed by atoms with E-state index in [1.165, 1.54) is 4.90 Å². The second-order valence-electron chi connectivity index (χ2n) is 4.44. The Morgan fingerprint density at radius 1 is 1.20 bits per heavy atom. The van der Waals surface area contributed by atoms with Gasteiger partial charge in [0.15, 0.2) is 5.82 Å². The van der Waals surface area contributed by atoms with E-state index in [1.807, 2.05) is 0 Å². The van der Waals surface area contributed by atoms with Crippen molar-refractivity contribution >= 4 is 6.09 Å². The van der Waals surface area contributed by atoms with E-state index in [1.54, 1.807) is 4.68 Å². The number of hydrogen-bond donors (Lipinski definition) is 1. The van der Waals surface area contributed by atoms with Crippen molar-refractivity contribution in [2.75, 3.05) is 6.54 Å². The number of carbonyl (C=O) groups is 1. The van der Waals surface area contributed by atoms with Gasteiger partial charge in [0.1, 0.15) is 17.5 Å². The molecule has 2 heterocycles. The molecule has 6 nitrogen and oxygen atoms in total. The van der Waals surface area contributed by atoms with E-state index < -0.39 is 17.7 Å². The maximum atomic E-state index is 13.2. The molecular weight excluding hydrogens is 270 g/mol. The van der Waals surface area contributed by atoms with Crippen LogP contribution in [0.15, 0.2) is 18.2 Å². The third kappa shape index (κ3) is 2.20. The summed E-state index contributed by atoms with van der Waals surface area (Å²) in [5.74, 6) is -0.774. The highest BCUT2D eigenvalue weighted by Gasteiger charge is 2.23. The van der Waals surface area contributed by atoms with Gasteiger partial charge in [0, 0.05) is 18.2 Å². The number of nitrogens with zero attached hydrogens (tertiary/aromatic N) is 4. The molecule has 0 unspecified atom stereocenters. The Kier molecular flexibility index (Phi) is 2.85. The van der Waals surface area contributed by atoms with E-state index in [-0.39, 0.29) is 17.9 Å². The lowest BCUT2D eigenvalue weighted by molar-refractivity contribution is 0.130. The molecule has 0 spiro atoms. The second kappa shape index (κ2) is 4.55. The molecule has 1 N–H and O–H groups in total. The topological polar surface area (TPSA) is 71.2 Å². The summed E-state index contributed by atoms with van der Waals surface area (Å²) in [7, 11) is 0. The van der Waals surface area contributed by atoms with Gasteiger partial charge in [-0.3, -0.25) is 4.90 Å². The van der Waals surface area contributed by atoms with Gasteiger partial charge in [-0.05, 0) is 12.1 Å². The van der Waals surface area contributed by atoms with Gasteiger partial charge >= 0.3 is 6.09 Å². The van der Waals surface area contributed by atoms with E-state index >= 15 is 0 Å². The van der Waals surface area contributed by atoms with Gasteiger partial charge < -0.3 is 5.11 Å². The molecule has 1 aromatic heterocycles. The highest BCUT2D eigenvalue weighted by atomic mass is 19.1. The van der Waals surface area contributed by atoms with E-state index in [0.717, 1.165) is 18.2 Å². The average molecular weight is 280 g/mol. The fourth-order valence-corrected chi connectivity index (χ4v) is 2.10. The van der Waals surface area contributed by atoms with Crippen LogP contribution in [0.25, 0.3) is 11.4 Å². The van der Waals surface area contributed by atoms with E-state index in [4.69, 9.17) is 5.11 Å². The Morgan fingerprint density at radius 2 is 1.90 bits per heavy atom. The SMILES string of the molecule is O=C(O)N1CCn2nc(-c3cc(F)cc(F)c3)nc2C1. The molecule has 1 amide bonds. The van der Waals surface area contributed by atoms with Crippen molar-refractivity contribution in [3.8, 4) is 11.4 Å². The Hall–Kier alpha value is -2.51. The number of carboxylic acid groups (broad SMARTS) is 1. The number of rotatable bonds is 1. The van der Waals surface area contributed by atoms with Gasteiger partial charge in [-0.15, -0.1) is 0 Å². The number of halogens is 2. The Morgan fingerprint density at radius 3 is 2.55 bits per heavy atom. The first kappa shape index (κ1) is 12.5. The normalized spacial score (nSPS) is 14.2. The summed E-state index contributed by atoms with van der Waals surface area (Å²) < 4.78 is 27.9. The van der Waals surface area contributed by atoms with Gasteiger partial charge in [-0.2, -0.15) is 5.10 Å². The van der Waals surface area contributed by atoms with Crippen LogP contribution >= 0.6 is 0 Å². The van der Waals surface area contributed by atoms with Gasteiger partial charge in [-0.25, -0.2) is 23.2 Å². The number of aromatic nitrogens is 3. The minimum atomic E-state index is -1.03. The van der Waals surface area contributed by atoms with Gasteiger partial charge in [0.2, 0.25) is 0 Å². The maximum absolute atomic E-state index is 13.2. The summed E-state index contributed by atoms with van der Waals surface area (Å²) in [6.07, 6.45) is -1.03. The van der Waals surface area contributed by atoms with Crippen molar-refractivity contribution in [2.45, 2.75) is 13.1 Å². The van der Waals surface area contributed by atoms with Gasteiger partial charge in [0.05, 0.1) is 13.1 Å². The summed E-state index contributed by atoms with van der Waals surface area (Å²) in [5, 5.41) is 13.1. The summed E-state index contributed by atoms with van der Waals surface area (Å²) in [4.78, 5) is 16.3. The molecule has 20 heavy (non-hydrogen) atoms. The summed E-state index contributed by atoms with van der Waals surface area (Å²) in [5.41, 5.74) is 0.228. The number of hydrogen-bond acceptors (Lipinski definition) is 3. The zero-order valence-electron chi connectivity index (χ0n) is 10.3. The number of benzene rings is 1. The van der Waals surface area contributed by atoms with Gasteiger partial charge in [0.25, 0.3) is 0 Å². The molecule has 0 saturated carbocycles. The molecule has 2 aromatic rings. The third-order valence-corrected chi connectivity index (χ3v) is 3.05. The zero-order chi connectivity index (χ0) is 14.3. The first-order valence-corrected chi connectivity index (χ1v) is 5.91. The van der Waals surface area contributed by atoms with E-state index in [9.17, 15) is 13.6 Å². The quantitative estimate of drug-likeness (QED) is 0.863. The standard InChI is InChI=1S/C12H10F2N4O2/c13-8-3-7(4-9(14)5-8)11-15-10-6-17(12(19)20)1-2-18(10)16-11/h3-5H,1-2,6H2,(H,19,20). The van der Waals surface area contributed by atoms with Crippen molar-refractivity contribution in [1.29, 1.82) is 0 Å². The molecule has 1 aromatic carbocycles. The summed E-state index contributed by atoms with van der Waals surface area (Å²) in [6.45, 7) is 0.787. The number of fused-ring (bicyclic) bond motifs is 1. The van der Waals surface area contributed by atoms with Crippen molar-refractivity contribution in [3.05, 3.63) is 35.7 Å². The van der Waals surface area contributed by atoms with Crippen LogP contribution in [0.1, 0.15) is 5.82 Å². The monoisotopic (exact) mass is 280 g/mol. The Labute approximate surface area is 112 Å². The van der Waals surface area contributed by atoms with Crippen molar-refractivity contribution in [2.24, 2.45) is 0 Å². The molecule has 0 saturated heterocycles. The van der Waals surface area contributed by atoms with Crippen LogP contribution in [0.4, 0.5) is 13.6 Å². The lowest BCUT2D eigenvalue weighted by Gasteiger charge is -2.23. The molecule has 8 heteroatoms. The van der Waals surface area contributed by atoms with Crippen LogP contribution in [-0.2, 0) is 13.1 Å². The predicted octanol–water partition coefficient (Wildman–Crippen LogP) is 1.72. The Bertz CT molecular complexity index is 666. The lowest BCUT2D eigenvalue weighted by Crippen LogP contribution is -2.37. The lowest BCUT2D eigenvalue weighted by atomic mass is 10.2. The maximum Gasteiger partial charge on any atom is 0.407 e. The molecule has 104 valence electrons. The van der Waals surface area contributed by atoms with Crippen LogP contribution in [-0.4, -0.2) is 37.4 Å². The third-order valence-electron chi connectivity index (χ3n) is 3.05. The van der Waals surface area contributed by atoms with Gasteiger partial charge in [-0.1, -0.05) is 0 Å². The molecule has 1 aliphatic rings. The minimum absolute atomic E-state index is 0.111. The van der Waals surface area contributed by atoms with Crippen molar-refractivity contribution < 1.29 is 18.7 Å². The molecular formula is C12H10F2N4O2. The molecule has 0 bridgehead atoms. The van der Waals surface area contributed by atoms with Crippen LogP contribution in [0.3, 0.4) is 0 Å². The smallest absolute Gasteiger partial charge is 0.407 e. The molecule has 0 radical (unpaired) electrons. The van der Waals surface area contributed by atoms with Crippen LogP contribution in [0.2, 0.25) is 0 Å². The molecule has 0 aliphatic carbocycles.